The summed E-state index contributed by atoms with van der Waals surface area (Å²) >= 11 is 6.91. The normalized spacial score (nSPS) is 10.7. The minimum absolute atomic E-state index is 0.687. The van der Waals surface area contributed by atoms with Crippen LogP contribution in [0.3, 0.4) is 0 Å². The van der Waals surface area contributed by atoms with Gasteiger partial charge >= 0.3 is 0 Å². The van der Waals surface area contributed by atoms with E-state index in [0.717, 1.165) is 31.3 Å². The summed E-state index contributed by atoms with van der Waals surface area (Å²) < 4.78 is 7.84. The standard InChI is InChI=1S/C15H10Br2N2O/c16-9-1-4-15(12(17)7-9)20-14-5-6-19-13-8-10(18)2-3-11(13)14/h1-8H,18H2. The number of nitrogens with zero attached hydrogens (tertiary/aromatic N) is 1. The Morgan fingerprint density at radius 2 is 1.80 bits per heavy atom. The summed E-state index contributed by atoms with van der Waals surface area (Å²) in [4.78, 5) is 4.30. The summed E-state index contributed by atoms with van der Waals surface area (Å²) in [6.07, 6.45) is 1.71. The van der Waals surface area contributed by atoms with Gasteiger partial charge in [0.2, 0.25) is 0 Å². The van der Waals surface area contributed by atoms with E-state index in [4.69, 9.17) is 10.5 Å². The highest BCUT2D eigenvalue weighted by atomic mass is 79.9. The topological polar surface area (TPSA) is 48.1 Å². The van der Waals surface area contributed by atoms with Crippen molar-refractivity contribution in [2.24, 2.45) is 0 Å². The van der Waals surface area contributed by atoms with Gasteiger partial charge in [0.15, 0.2) is 0 Å². The van der Waals surface area contributed by atoms with E-state index in [1.54, 1.807) is 6.20 Å². The summed E-state index contributed by atoms with van der Waals surface area (Å²) in [5.74, 6) is 1.50. The molecule has 0 saturated carbocycles. The van der Waals surface area contributed by atoms with Gasteiger partial charge in [0.25, 0.3) is 0 Å². The number of fused-ring (bicyclic) bond motifs is 1. The highest BCUT2D eigenvalue weighted by Crippen LogP contribution is 2.35. The van der Waals surface area contributed by atoms with Crippen LogP contribution in [0.2, 0.25) is 0 Å². The second-order valence-electron chi connectivity index (χ2n) is 4.26. The quantitative estimate of drug-likeness (QED) is 0.613. The summed E-state index contributed by atoms with van der Waals surface area (Å²) in [6, 6.07) is 13.2. The molecule has 0 bridgehead atoms. The average Bonchev–Trinajstić information content (AvgIpc) is 2.41. The average molecular weight is 394 g/mol. The summed E-state index contributed by atoms with van der Waals surface area (Å²) in [7, 11) is 0. The SMILES string of the molecule is Nc1ccc2c(Oc3ccc(Br)cc3Br)ccnc2c1. The number of halogens is 2. The van der Waals surface area contributed by atoms with Gasteiger partial charge in [-0.15, -0.1) is 0 Å². The molecule has 0 amide bonds. The molecule has 0 atom stereocenters. The molecule has 3 nitrogen and oxygen atoms in total. The molecular formula is C15H10Br2N2O. The van der Waals surface area contributed by atoms with E-state index in [-0.39, 0.29) is 0 Å². The first-order chi connectivity index (χ1) is 9.63. The number of rotatable bonds is 2. The molecule has 1 aromatic heterocycles. The van der Waals surface area contributed by atoms with Crippen LogP contribution in [0, 0.1) is 0 Å². The fraction of sp³-hybridized carbons (Fsp3) is 0. The first-order valence-electron chi connectivity index (χ1n) is 5.90. The van der Waals surface area contributed by atoms with E-state index in [1.807, 2.05) is 42.5 Å². The van der Waals surface area contributed by atoms with Crippen molar-refractivity contribution in [2.45, 2.75) is 0 Å². The van der Waals surface area contributed by atoms with Gasteiger partial charge in [-0.3, -0.25) is 4.98 Å². The molecule has 0 saturated heterocycles. The van der Waals surface area contributed by atoms with E-state index in [2.05, 4.69) is 36.8 Å². The predicted octanol–water partition coefficient (Wildman–Crippen LogP) is 5.13. The number of ether oxygens (including phenoxy) is 1. The number of hydrogen-bond acceptors (Lipinski definition) is 3. The summed E-state index contributed by atoms with van der Waals surface area (Å²) in [5.41, 5.74) is 7.28. The summed E-state index contributed by atoms with van der Waals surface area (Å²) in [6.45, 7) is 0. The highest BCUT2D eigenvalue weighted by molar-refractivity contribution is 9.11. The Morgan fingerprint density at radius 3 is 2.60 bits per heavy atom. The first-order valence-corrected chi connectivity index (χ1v) is 7.49. The molecule has 0 fully saturated rings. The molecule has 0 aliphatic heterocycles. The van der Waals surface area contributed by atoms with Crippen LogP contribution in [0.15, 0.2) is 57.6 Å². The fourth-order valence-corrected chi connectivity index (χ4v) is 3.03. The van der Waals surface area contributed by atoms with Crippen molar-refractivity contribution in [3.05, 3.63) is 57.6 Å². The Kier molecular flexibility index (Phi) is 3.63. The molecule has 0 unspecified atom stereocenters. The van der Waals surface area contributed by atoms with E-state index in [0.29, 0.717) is 5.69 Å². The van der Waals surface area contributed by atoms with Crippen molar-refractivity contribution < 1.29 is 4.74 Å². The van der Waals surface area contributed by atoms with Crippen molar-refractivity contribution in [1.29, 1.82) is 0 Å². The predicted molar refractivity (Wildman–Crippen MR) is 88.1 cm³/mol. The Bertz CT molecular complexity index is 790. The van der Waals surface area contributed by atoms with E-state index >= 15 is 0 Å². The molecule has 0 radical (unpaired) electrons. The molecule has 0 aliphatic carbocycles. The lowest BCUT2D eigenvalue weighted by Crippen LogP contribution is -1.90. The van der Waals surface area contributed by atoms with Gasteiger partial charge in [-0.1, -0.05) is 15.9 Å². The van der Waals surface area contributed by atoms with Crippen molar-refractivity contribution in [3.63, 3.8) is 0 Å². The van der Waals surface area contributed by atoms with Gasteiger partial charge in [-0.05, 0) is 58.4 Å². The molecular weight excluding hydrogens is 384 g/mol. The monoisotopic (exact) mass is 392 g/mol. The van der Waals surface area contributed by atoms with Crippen molar-refractivity contribution in [1.82, 2.24) is 4.98 Å². The van der Waals surface area contributed by atoms with Crippen LogP contribution >= 0.6 is 31.9 Å². The molecule has 2 aromatic carbocycles. The molecule has 0 spiro atoms. The summed E-state index contributed by atoms with van der Waals surface area (Å²) in [5, 5.41) is 0.927. The van der Waals surface area contributed by atoms with Crippen molar-refractivity contribution >= 4 is 48.5 Å². The third-order valence-corrected chi connectivity index (χ3v) is 3.95. The Balaban J connectivity index is 2.06. The van der Waals surface area contributed by atoms with Crippen LogP contribution in [0.4, 0.5) is 5.69 Å². The van der Waals surface area contributed by atoms with Gasteiger partial charge in [0.05, 0.1) is 9.99 Å². The Hall–Kier alpha value is -1.59. The zero-order valence-corrected chi connectivity index (χ0v) is 13.5. The van der Waals surface area contributed by atoms with Crippen molar-refractivity contribution in [2.75, 3.05) is 5.73 Å². The number of anilines is 1. The number of hydrogen-bond donors (Lipinski definition) is 1. The molecule has 5 heteroatoms. The van der Waals surface area contributed by atoms with E-state index in [9.17, 15) is 0 Å². The maximum absolute atomic E-state index is 5.97. The van der Waals surface area contributed by atoms with Crippen molar-refractivity contribution in [3.8, 4) is 11.5 Å². The van der Waals surface area contributed by atoms with Crippen LogP contribution in [-0.4, -0.2) is 4.98 Å². The first kappa shape index (κ1) is 13.4. The number of nitrogen functional groups attached to an aromatic ring is 1. The van der Waals surface area contributed by atoms with Gasteiger partial charge in [0.1, 0.15) is 11.5 Å². The highest BCUT2D eigenvalue weighted by Gasteiger charge is 2.07. The van der Waals surface area contributed by atoms with E-state index in [1.165, 1.54) is 0 Å². The zero-order valence-electron chi connectivity index (χ0n) is 10.3. The minimum Gasteiger partial charge on any atom is -0.455 e. The van der Waals surface area contributed by atoms with Crippen LogP contribution in [0.5, 0.6) is 11.5 Å². The number of aromatic nitrogens is 1. The fourth-order valence-electron chi connectivity index (χ4n) is 1.90. The second-order valence-corrected chi connectivity index (χ2v) is 6.03. The molecule has 2 N–H and O–H groups in total. The Labute approximate surface area is 133 Å². The molecule has 3 aromatic rings. The number of pyridine rings is 1. The van der Waals surface area contributed by atoms with Gasteiger partial charge in [-0.2, -0.15) is 0 Å². The molecule has 0 aliphatic rings. The lowest BCUT2D eigenvalue weighted by molar-refractivity contribution is 0.484. The molecule has 100 valence electrons. The second kappa shape index (κ2) is 5.42. The van der Waals surface area contributed by atoms with Crippen LogP contribution in [0.25, 0.3) is 10.9 Å². The molecule has 1 heterocycles. The van der Waals surface area contributed by atoms with Crippen LogP contribution < -0.4 is 10.5 Å². The number of nitrogens with two attached hydrogens (primary N) is 1. The third-order valence-electron chi connectivity index (χ3n) is 2.84. The number of benzene rings is 2. The molecule has 20 heavy (non-hydrogen) atoms. The van der Waals surface area contributed by atoms with Crippen LogP contribution in [-0.2, 0) is 0 Å². The maximum atomic E-state index is 5.97. The van der Waals surface area contributed by atoms with Gasteiger partial charge < -0.3 is 10.5 Å². The van der Waals surface area contributed by atoms with Crippen LogP contribution in [0.1, 0.15) is 0 Å². The third kappa shape index (κ3) is 2.64. The lowest BCUT2D eigenvalue weighted by Gasteiger charge is -2.10. The Morgan fingerprint density at radius 1 is 0.950 bits per heavy atom. The molecule has 3 rings (SSSR count). The maximum Gasteiger partial charge on any atom is 0.141 e. The van der Waals surface area contributed by atoms with E-state index < -0.39 is 0 Å². The van der Waals surface area contributed by atoms with Gasteiger partial charge in [0, 0.05) is 21.7 Å². The zero-order chi connectivity index (χ0) is 14.1. The van der Waals surface area contributed by atoms with Gasteiger partial charge in [-0.25, -0.2) is 0 Å². The smallest absolute Gasteiger partial charge is 0.141 e. The lowest BCUT2D eigenvalue weighted by atomic mass is 10.2. The largest absolute Gasteiger partial charge is 0.455 e. The minimum atomic E-state index is 0.687.